The summed E-state index contributed by atoms with van der Waals surface area (Å²) in [6.07, 6.45) is 3.68. The van der Waals surface area contributed by atoms with Crippen LogP contribution in [0.5, 0.6) is 0 Å². The first-order chi connectivity index (χ1) is 6.27. The SMILES string of the molecule is CCCCc1cc(C)ccc1CN. The van der Waals surface area contributed by atoms with Gasteiger partial charge in [-0.25, -0.2) is 0 Å². The highest BCUT2D eigenvalue weighted by Gasteiger charge is 2.00. The zero-order valence-electron chi connectivity index (χ0n) is 8.64. The van der Waals surface area contributed by atoms with Crippen LogP contribution in [0.3, 0.4) is 0 Å². The first-order valence-electron chi connectivity index (χ1n) is 5.06. The number of hydrogen-bond donors (Lipinski definition) is 1. The third-order valence-corrected chi connectivity index (χ3v) is 2.38. The van der Waals surface area contributed by atoms with E-state index in [1.54, 1.807) is 0 Å². The van der Waals surface area contributed by atoms with Gasteiger partial charge < -0.3 is 5.73 Å². The van der Waals surface area contributed by atoms with Crippen molar-refractivity contribution in [1.29, 1.82) is 0 Å². The first kappa shape index (κ1) is 10.3. The molecule has 0 saturated heterocycles. The Bertz CT molecular complexity index is 266. The van der Waals surface area contributed by atoms with Crippen LogP contribution in [0.1, 0.15) is 36.5 Å². The molecule has 1 aromatic carbocycles. The summed E-state index contributed by atoms with van der Waals surface area (Å²) in [5.74, 6) is 0. The molecular formula is C12H19N. The van der Waals surface area contributed by atoms with Gasteiger partial charge in [0.15, 0.2) is 0 Å². The van der Waals surface area contributed by atoms with Gasteiger partial charge in [0.1, 0.15) is 0 Å². The Morgan fingerprint density at radius 3 is 2.62 bits per heavy atom. The van der Waals surface area contributed by atoms with E-state index in [9.17, 15) is 0 Å². The maximum Gasteiger partial charge on any atom is 0.0180 e. The van der Waals surface area contributed by atoms with Crippen molar-refractivity contribution in [2.75, 3.05) is 0 Å². The molecule has 0 aliphatic carbocycles. The lowest BCUT2D eigenvalue weighted by molar-refractivity contribution is 0.785. The van der Waals surface area contributed by atoms with Crippen molar-refractivity contribution in [3.8, 4) is 0 Å². The minimum atomic E-state index is 0.666. The van der Waals surface area contributed by atoms with Crippen LogP contribution >= 0.6 is 0 Å². The maximum atomic E-state index is 5.67. The summed E-state index contributed by atoms with van der Waals surface area (Å²) in [5.41, 5.74) is 9.75. The summed E-state index contributed by atoms with van der Waals surface area (Å²) in [6.45, 7) is 5.02. The van der Waals surface area contributed by atoms with Crippen LogP contribution in [0.2, 0.25) is 0 Å². The Morgan fingerprint density at radius 1 is 1.23 bits per heavy atom. The van der Waals surface area contributed by atoms with E-state index in [2.05, 4.69) is 32.0 Å². The van der Waals surface area contributed by atoms with Crippen LogP contribution in [0.4, 0.5) is 0 Å². The lowest BCUT2D eigenvalue weighted by Crippen LogP contribution is -2.01. The molecular weight excluding hydrogens is 158 g/mol. The maximum absolute atomic E-state index is 5.67. The number of hydrogen-bond acceptors (Lipinski definition) is 1. The average Bonchev–Trinajstić information content (AvgIpc) is 2.15. The van der Waals surface area contributed by atoms with Gasteiger partial charge in [-0.3, -0.25) is 0 Å². The fraction of sp³-hybridized carbons (Fsp3) is 0.500. The molecule has 0 saturated carbocycles. The fourth-order valence-electron chi connectivity index (χ4n) is 1.55. The standard InChI is InChI=1S/C12H19N/c1-3-4-5-11-8-10(2)6-7-12(11)9-13/h6-8H,3-5,9,13H2,1-2H3. The summed E-state index contributed by atoms with van der Waals surface area (Å²) in [4.78, 5) is 0. The van der Waals surface area contributed by atoms with Crippen molar-refractivity contribution in [3.63, 3.8) is 0 Å². The molecule has 0 unspecified atom stereocenters. The van der Waals surface area contributed by atoms with E-state index >= 15 is 0 Å². The monoisotopic (exact) mass is 177 g/mol. The van der Waals surface area contributed by atoms with E-state index in [0.717, 1.165) is 0 Å². The van der Waals surface area contributed by atoms with E-state index in [1.165, 1.54) is 36.0 Å². The molecule has 1 nitrogen and oxygen atoms in total. The van der Waals surface area contributed by atoms with Crippen molar-refractivity contribution in [1.82, 2.24) is 0 Å². The normalized spacial score (nSPS) is 10.4. The first-order valence-corrected chi connectivity index (χ1v) is 5.06. The second-order valence-electron chi connectivity index (χ2n) is 3.58. The highest BCUT2D eigenvalue weighted by atomic mass is 14.5. The second-order valence-corrected chi connectivity index (χ2v) is 3.58. The lowest BCUT2D eigenvalue weighted by atomic mass is 10.00. The van der Waals surface area contributed by atoms with E-state index < -0.39 is 0 Å². The molecule has 0 atom stereocenters. The molecule has 2 N–H and O–H groups in total. The van der Waals surface area contributed by atoms with Crippen molar-refractivity contribution in [3.05, 3.63) is 34.9 Å². The van der Waals surface area contributed by atoms with Crippen molar-refractivity contribution < 1.29 is 0 Å². The third-order valence-electron chi connectivity index (χ3n) is 2.38. The third kappa shape index (κ3) is 2.85. The van der Waals surface area contributed by atoms with E-state index in [0.29, 0.717) is 6.54 Å². The van der Waals surface area contributed by atoms with Crippen LogP contribution in [-0.4, -0.2) is 0 Å². The quantitative estimate of drug-likeness (QED) is 0.752. The van der Waals surface area contributed by atoms with E-state index in [-0.39, 0.29) is 0 Å². The largest absolute Gasteiger partial charge is 0.326 e. The Kier molecular flexibility index (Phi) is 3.97. The highest BCUT2D eigenvalue weighted by Crippen LogP contribution is 2.13. The Morgan fingerprint density at radius 2 is 2.00 bits per heavy atom. The molecule has 1 rings (SSSR count). The number of benzene rings is 1. The second kappa shape index (κ2) is 5.03. The molecule has 0 radical (unpaired) electrons. The summed E-state index contributed by atoms with van der Waals surface area (Å²) >= 11 is 0. The Hall–Kier alpha value is -0.820. The number of aryl methyl sites for hydroxylation is 2. The van der Waals surface area contributed by atoms with Crippen LogP contribution in [0.25, 0.3) is 0 Å². The molecule has 0 fully saturated rings. The summed E-state index contributed by atoms with van der Waals surface area (Å²) < 4.78 is 0. The topological polar surface area (TPSA) is 26.0 Å². The summed E-state index contributed by atoms with van der Waals surface area (Å²) in [6, 6.07) is 6.55. The summed E-state index contributed by atoms with van der Waals surface area (Å²) in [7, 11) is 0. The predicted octanol–water partition coefficient (Wildman–Crippen LogP) is 2.80. The fourth-order valence-corrected chi connectivity index (χ4v) is 1.55. The Balaban J connectivity index is 2.81. The van der Waals surface area contributed by atoms with Gasteiger partial charge in [0.2, 0.25) is 0 Å². The molecule has 0 aromatic heterocycles. The van der Waals surface area contributed by atoms with Gasteiger partial charge in [0.25, 0.3) is 0 Å². The molecule has 0 heterocycles. The molecule has 1 aromatic rings. The summed E-state index contributed by atoms with van der Waals surface area (Å²) in [5, 5.41) is 0. The van der Waals surface area contributed by atoms with Crippen LogP contribution < -0.4 is 5.73 Å². The van der Waals surface area contributed by atoms with Gasteiger partial charge in [-0.1, -0.05) is 37.1 Å². The molecule has 1 heteroatoms. The number of rotatable bonds is 4. The molecule has 0 bridgehead atoms. The van der Waals surface area contributed by atoms with Gasteiger partial charge in [-0.05, 0) is 30.9 Å². The van der Waals surface area contributed by atoms with E-state index in [4.69, 9.17) is 5.73 Å². The molecule has 0 spiro atoms. The molecule has 72 valence electrons. The molecule has 0 aliphatic rings. The zero-order valence-corrected chi connectivity index (χ0v) is 8.64. The van der Waals surface area contributed by atoms with Crippen molar-refractivity contribution in [2.45, 2.75) is 39.7 Å². The smallest absolute Gasteiger partial charge is 0.0180 e. The minimum Gasteiger partial charge on any atom is -0.326 e. The van der Waals surface area contributed by atoms with Crippen LogP contribution in [0.15, 0.2) is 18.2 Å². The van der Waals surface area contributed by atoms with Gasteiger partial charge in [0, 0.05) is 6.54 Å². The average molecular weight is 177 g/mol. The minimum absolute atomic E-state index is 0.666. The number of nitrogens with two attached hydrogens (primary N) is 1. The van der Waals surface area contributed by atoms with E-state index in [1.807, 2.05) is 0 Å². The van der Waals surface area contributed by atoms with Crippen molar-refractivity contribution in [2.24, 2.45) is 5.73 Å². The molecule has 0 aliphatic heterocycles. The van der Waals surface area contributed by atoms with Gasteiger partial charge in [0.05, 0.1) is 0 Å². The zero-order chi connectivity index (χ0) is 9.68. The molecule has 0 amide bonds. The Labute approximate surface area is 81.0 Å². The molecule has 13 heavy (non-hydrogen) atoms. The van der Waals surface area contributed by atoms with Gasteiger partial charge >= 0.3 is 0 Å². The van der Waals surface area contributed by atoms with Crippen LogP contribution in [0, 0.1) is 6.92 Å². The van der Waals surface area contributed by atoms with Crippen LogP contribution in [-0.2, 0) is 13.0 Å². The lowest BCUT2D eigenvalue weighted by Gasteiger charge is -2.07. The van der Waals surface area contributed by atoms with Crippen molar-refractivity contribution >= 4 is 0 Å². The van der Waals surface area contributed by atoms with Gasteiger partial charge in [-0.15, -0.1) is 0 Å². The number of unbranched alkanes of at least 4 members (excludes halogenated alkanes) is 1. The highest BCUT2D eigenvalue weighted by molar-refractivity contribution is 5.31. The van der Waals surface area contributed by atoms with Gasteiger partial charge in [-0.2, -0.15) is 0 Å². The predicted molar refractivity (Wildman–Crippen MR) is 57.7 cm³/mol.